The van der Waals surface area contributed by atoms with E-state index in [0.29, 0.717) is 5.95 Å². The van der Waals surface area contributed by atoms with Gasteiger partial charge in [-0.1, -0.05) is 12.1 Å². The zero-order valence-electron chi connectivity index (χ0n) is 11.7. The number of fused-ring (bicyclic) bond motifs is 1. The quantitative estimate of drug-likeness (QED) is 0.896. The SMILES string of the molecule is CNc1nc(NCC2CCCCO2)c2ccccc2n1. The Kier molecular flexibility index (Phi) is 3.97. The van der Waals surface area contributed by atoms with Crippen molar-refractivity contribution < 1.29 is 4.74 Å². The number of aromatic nitrogens is 2. The van der Waals surface area contributed by atoms with Crippen LogP contribution in [0.25, 0.3) is 10.9 Å². The molecular weight excluding hydrogens is 252 g/mol. The summed E-state index contributed by atoms with van der Waals surface area (Å²) >= 11 is 0. The van der Waals surface area contributed by atoms with Gasteiger partial charge in [-0.05, 0) is 31.4 Å². The Balaban J connectivity index is 1.81. The van der Waals surface area contributed by atoms with Gasteiger partial charge in [0, 0.05) is 25.6 Å². The maximum absolute atomic E-state index is 5.75. The zero-order chi connectivity index (χ0) is 13.8. The van der Waals surface area contributed by atoms with Crippen molar-refractivity contribution in [1.29, 1.82) is 0 Å². The first-order chi connectivity index (χ1) is 9.86. The average molecular weight is 272 g/mol. The monoisotopic (exact) mass is 272 g/mol. The minimum Gasteiger partial charge on any atom is -0.376 e. The molecule has 1 aliphatic rings. The van der Waals surface area contributed by atoms with Crippen LogP contribution in [0.4, 0.5) is 11.8 Å². The van der Waals surface area contributed by atoms with Crippen LogP contribution in [0, 0.1) is 0 Å². The van der Waals surface area contributed by atoms with E-state index in [4.69, 9.17) is 4.74 Å². The predicted molar refractivity (Wildman–Crippen MR) is 81.2 cm³/mol. The molecule has 106 valence electrons. The first-order valence-corrected chi connectivity index (χ1v) is 7.17. The number of nitrogens with one attached hydrogen (secondary N) is 2. The molecule has 2 aromatic rings. The van der Waals surface area contributed by atoms with Crippen LogP contribution in [0.15, 0.2) is 24.3 Å². The molecule has 0 amide bonds. The topological polar surface area (TPSA) is 59.1 Å². The maximum atomic E-state index is 5.75. The Morgan fingerprint density at radius 2 is 2.15 bits per heavy atom. The first-order valence-electron chi connectivity index (χ1n) is 7.17. The predicted octanol–water partition coefficient (Wildman–Crippen LogP) is 2.65. The van der Waals surface area contributed by atoms with E-state index in [2.05, 4.69) is 20.6 Å². The Hall–Kier alpha value is -1.88. The lowest BCUT2D eigenvalue weighted by molar-refractivity contribution is 0.0247. The number of hydrogen-bond acceptors (Lipinski definition) is 5. The molecular formula is C15H20N4O. The van der Waals surface area contributed by atoms with E-state index in [-0.39, 0.29) is 6.10 Å². The van der Waals surface area contributed by atoms with Crippen LogP contribution in [0.1, 0.15) is 19.3 Å². The second-order valence-electron chi connectivity index (χ2n) is 5.03. The molecule has 0 bridgehead atoms. The summed E-state index contributed by atoms with van der Waals surface area (Å²) in [5.41, 5.74) is 0.943. The van der Waals surface area contributed by atoms with Gasteiger partial charge in [0.05, 0.1) is 11.6 Å². The van der Waals surface area contributed by atoms with Crippen molar-refractivity contribution in [3.63, 3.8) is 0 Å². The van der Waals surface area contributed by atoms with Crippen molar-refractivity contribution in [2.24, 2.45) is 0 Å². The van der Waals surface area contributed by atoms with Crippen LogP contribution in [-0.4, -0.2) is 36.3 Å². The molecule has 1 saturated heterocycles. The van der Waals surface area contributed by atoms with Gasteiger partial charge >= 0.3 is 0 Å². The standard InChI is InChI=1S/C15H20N4O/c1-16-15-18-13-8-3-2-7-12(13)14(19-15)17-10-11-6-4-5-9-20-11/h2-3,7-8,11H,4-6,9-10H2,1H3,(H2,16,17,18,19). The first kappa shape index (κ1) is 13.1. The molecule has 2 heterocycles. The fourth-order valence-electron chi connectivity index (χ4n) is 2.50. The molecule has 0 spiro atoms. The molecule has 1 fully saturated rings. The second-order valence-corrected chi connectivity index (χ2v) is 5.03. The highest BCUT2D eigenvalue weighted by molar-refractivity contribution is 5.89. The summed E-state index contributed by atoms with van der Waals surface area (Å²) < 4.78 is 5.75. The Morgan fingerprint density at radius 3 is 2.95 bits per heavy atom. The van der Waals surface area contributed by atoms with Gasteiger partial charge in [0.2, 0.25) is 5.95 Å². The van der Waals surface area contributed by atoms with E-state index in [1.165, 1.54) is 12.8 Å². The van der Waals surface area contributed by atoms with Gasteiger partial charge in [-0.15, -0.1) is 0 Å². The summed E-state index contributed by atoms with van der Waals surface area (Å²) in [7, 11) is 1.83. The number of anilines is 2. The molecule has 0 saturated carbocycles. The summed E-state index contributed by atoms with van der Waals surface area (Å²) in [6, 6.07) is 8.04. The van der Waals surface area contributed by atoms with E-state index in [1.807, 2.05) is 31.3 Å². The Bertz CT molecular complexity index is 581. The van der Waals surface area contributed by atoms with Crippen LogP contribution < -0.4 is 10.6 Å². The average Bonchev–Trinajstić information content (AvgIpc) is 2.53. The normalized spacial score (nSPS) is 18.9. The fraction of sp³-hybridized carbons (Fsp3) is 0.467. The lowest BCUT2D eigenvalue weighted by atomic mass is 10.1. The number of nitrogens with zero attached hydrogens (tertiary/aromatic N) is 2. The Morgan fingerprint density at radius 1 is 1.25 bits per heavy atom. The minimum atomic E-state index is 0.288. The van der Waals surface area contributed by atoms with Crippen molar-refractivity contribution in [2.75, 3.05) is 30.8 Å². The summed E-state index contributed by atoms with van der Waals surface area (Å²) in [4.78, 5) is 8.97. The molecule has 5 heteroatoms. The van der Waals surface area contributed by atoms with Gasteiger partial charge in [0.1, 0.15) is 5.82 Å². The number of rotatable bonds is 4. The molecule has 3 rings (SSSR count). The number of para-hydroxylation sites is 1. The molecule has 0 aliphatic carbocycles. The molecule has 1 unspecified atom stereocenters. The molecule has 20 heavy (non-hydrogen) atoms. The number of benzene rings is 1. The van der Waals surface area contributed by atoms with Gasteiger partial charge in [-0.25, -0.2) is 4.98 Å². The van der Waals surface area contributed by atoms with Gasteiger partial charge < -0.3 is 15.4 Å². The van der Waals surface area contributed by atoms with Crippen molar-refractivity contribution in [3.05, 3.63) is 24.3 Å². The summed E-state index contributed by atoms with van der Waals surface area (Å²) in [6.07, 6.45) is 3.83. The van der Waals surface area contributed by atoms with Gasteiger partial charge in [-0.3, -0.25) is 0 Å². The van der Waals surface area contributed by atoms with E-state index in [9.17, 15) is 0 Å². The van der Waals surface area contributed by atoms with Crippen LogP contribution in [-0.2, 0) is 4.74 Å². The van der Waals surface area contributed by atoms with Gasteiger partial charge in [0.15, 0.2) is 0 Å². The molecule has 1 aromatic heterocycles. The van der Waals surface area contributed by atoms with E-state index >= 15 is 0 Å². The summed E-state index contributed by atoms with van der Waals surface area (Å²) in [5.74, 6) is 1.50. The lowest BCUT2D eigenvalue weighted by Gasteiger charge is -2.23. The second kappa shape index (κ2) is 6.05. The third-order valence-corrected chi connectivity index (χ3v) is 3.60. The summed E-state index contributed by atoms with van der Waals surface area (Å²) in [5, 5.41) is 7.46. The number of ether oxygens (including phenoxy) is 1. The van der Waals surface area contributed by atoms with Crippen LogP contribution in [0.5, 0.6) is 0 Å². The van der Waals surface area contributed by atoms with Crippen molar-refractivity contribution in [2.45, 2.75) is 25.4 Å². The maximum Gasteiger partial charge on any atom is 0.224 e. The molecule has 5 nitrogen and oxygen atoms in total. The lowest BCUT2D eigenvalue weighted by Crippen LogP contribution is -2.27. The Labute approximate surface area is 118 Å². The third-order valence-electron chi connectivity index (χ3n) is 3.60. The van der Waals surface area contributed by atoms with Crippen LogP contribution in [0.2, 0.25) is 0 Å². The van der Waals surface area contributed by atoms with Crippen molar-refractivity contribution in [3.8, 4) is 0 Å². The summed E-state index contributed by atoms with van der Waals surface area (Å²) in [6.45, 7) is 1.67. The van der Waals surface area contributed by atoms with Crippen LogP contribution in [0.3, 0.4) is 0 Å². The smallest absolute Gasteiger partial charge is 0.224 e. The van der Waals surface area contributed by atoms with Crippen molar-refractivity contribution >= 4 is 22.7 Å². The molecule has 1 aliphatic heterocycles. The van der Waals surface area contributed by atoms with Crippen molar-refractivity contribution in [1.82, 2.24) is 9.97 Å². The van der Waals surface area contributed by atoms with Crippen LogP contribution >= 0.6 is 0 Å². The molecule has 1 atom stereocenters. The molecule has 2 N–H and O–H groups in total. The molecule has 1 aromatic carbocycles. The zero-order valence-corrected chi connectivity index (χ0v) is 11.7. The molecule has 0 radical (unpaired) electrons. The minimum absolute atomic E-state index is 0.288. The van der Waals surface area contributed by atoms with Gasteiger partial charge in [0.25, 0.3) is 0 Å². The van der Waals surface area contributed by atoms with E-state index < -0.39 is 0 Å². The highest BCUT2D eigenvalue weighted by Crippen LogP contribution is 2.22. The highest BCUT2D eigenvalue weighted by Gasteiger charge is 2.14. The third kappa shape index (κ3) is 2.82. The van der Waals surface area contributed by atoms with E-state index in [1.54, 1.807) is 0 Å². The fourth-order valence-corrected chi connectivity index (χ4v) is 2.50. The largest absolute Gasteiger partial charge is 0.376 e. The van der Waals surface area contributed by atoms with E-state index in [0.717, 1.165) is 36.3 Å². The highest BCUT2D eigenvalue weighted by atomic mass is 16.5. The van der Waals surface area contributed by atoms with Gasteiger partial charge in [-0.2, -0.15) is 4.98 Å². The number of hydrogen-bond donors (Lipinski definition) is 2.